The third kappa shape index (κ3) is 1.65. The molecule has 0 spiro atoms. The largest absolute Gasteiger partial charge is 0.337 e. The van der Waals surface area contributed by atoms with Crippen molar-refractivity contribution in [1.29, 1.82) is 0 Å². The molecule has 7 nitrogen and oxygen atoms in total. The Balaban J connectivity index is 2.14. The lowest BCUT2D eigenvalue weighted by Crippen LogP contribution is -2.00. The van der Waals surface area contributed by atoms with Gasteiger partial charge in [-0.15, -0.1) is 5.10 Å². The SMILES string of the molecule is Cc1noc(Cn2cc(C=O)nn2)n1. The van der Waals surface area contributed by atoms with E-state index in [-0.39, 0.29) is 5.69 Å². The van der Waals surface area contributed by atoms with Crippen molar-refractivity contribution in [2.75, 3.05) is 0 Å². The van der Waals surface area contributed by atoms with Gasteiger partial charge in [0.1, 0.15) is 12.2 Å². The summed E-state index contributed by atoms with van der Waals surface area (Å²) in [5, 5.41) is 10.9. The summed E-state index contributed by atoms with van der Waals surface area (Å²) in [5.74, 6) is 1.00. The molecule has 72 valence electrons. The van der Waals surface area contributed by atoms with Crippen LogP contribution < -0.4 is 0 Å². The minimum absolute atomic E-state index is 0.279. The maximum Gasteiger partial charge on any atom is 0.248 e. The zero-order valence-electron chi connectivity index (χ0n) is 7.41. The van der Waals surface area contributed by atoms with Gasteiger partial charge < -0.3 is 4.52 Å². The first-order valence-corrected chi connectivity index (χ1v) is 3.92. The van der Waals surface area contributed by atoms with Gasteiger partial charge in [0.2, 0.25) is 5.89 Å². The van der Waals surface area contributed by atoms with Gasteiger partial charge in [0.15, 0.2) is 12.1 Å². The second-order valence-electron chi connectivity index (χ2n) is 2.69. The van der Waals surface area contributed by atoms with E-state index in [2.05, 4.69) is 20.5 Å². The fourth-order valence-electron chi connectivity index (χ4n) is 0.988. The molecule has 0 saturated carbocycles. The van der Waals surface area contributed by atoms with Crippen LogP contribution in [0, 0.1) is 6.92 Å². The Morgan fingerprint density at radius 1 is 1.64 bits per heavy atom. The number of carbonyl (C=O) groups is 1. The third-order valence-corrected chi connectivity index (χ3v) is 1.54. The summed E-state index contributed by atoms with van der Waals surface area (Å²) in [7, 11) is 0. The molecule has 0 aliphatic carbocycles. The molecule has 14 heavy (non-hydrogen) atoms. The van der Waals surface area contributed by atoms with Crippen LogP contribution in [0.5, 0.6) is 0 Å². The van der Waals surface area contributed by atoms with E-state index in [1.165, 1.54) is 10.9 Å². The van der Waals surface area contributed by atoms with Gasteiger partial charge in [-0.25, -0.2) is 4.68 Å². The molecule has 7 heteroatoms. The van der Waals surface area contributed by atoms with Crippen molar-refractivity contribution in [2.24, 2.45) is 0 Å². The molecule has 0 aliphatic heterocycles. The van der Waals surface area contributed by atoms with Crippen molar-refractivity contribution < 1.29 is 9.32 Å². The molecule has 2 aromatic rings. The monoisotopic (exact) mass is 193 g/mol. The summed E-state index contributed by atoms with van der Waals surface area (Å²) in [6, 6.07) is 0. The number of hydrogen-bond donors (Lipinski definition) is 0. The first-order chi connectivity index (χ1) is 6.78. The minimum atomic E-state index is 0.279. The van der Waals surface area contributed by atoms with E-state index in [4.69, 9.17) is 4.52 Å². The first-order valence-electron chi connectivity index (χ1n) is 3.92. The molecule has 0 bridgehead atoms. The average molecular weight is 193 g/mol. The highest BCUT2D eigenvalue weighted by molar-refractivity contribution is 5.70. The van der Waals surface area contributed by atoms with Crippen LogP contribution in [0.4, 0.5) is 0 Å². The van der Waals surface area contributed by atoms with E-state index < -0.39 is 0 Å². The van der Waals surface area contributed by atoms with Gasteiger partial charge in [-0.05, 0) is 6.92 Å². The highest BCUT2D eigenvalue weighted by atomic mass is 16.5. The van der Waals surface area contributed by atoms with Crippen LogP contribution in [0.2, 0.25) is 0 Å². The Labute approximate surface area is 78.7 Å². The van der Waals surface area contributed by atoms with Gasteiger partial charge >= 0.3 is 0 Å². The van der Waals surface area contributed by atoms with Crippen LogP contribution in [0.1, 0.15) is 22.2 Å². The van der Waals surface area contributed by atoms with Crippen molar-refractivity contribution in [1.82, 2.24) is 25.1 Å². The highest BCUT2D eigenvalue weighted by Crippen LogP contribution is 1.98. The van der Waals surface area contributed by atoms with Crippen LogP contribution in [-0.2, 0) is 6.54 Å². The summed E-state index contributed by atoms with van der Waals surface area (Å²) in [5.41, 5.74) is 0.279. The van der Waals surface area contributed by atoms with Gasteiger partial charge in [-0.3, -0.25) is 4.79 Å². The molecule has 2 rings (SSSR count). The summed E-state index contributed by atoms with van der Waals surface area (Å²) in [6.07, 6.45) is 2.13. The van der Waals surface area contributed by atoms with Crippen molar-refractivity contribution in [3.05, 3.63) is 23.6 Å². The fraction of sp³-hybridized carbons (Fsp3) is 0.286. The summed E-state index contributed by atoms with van der Waals surface area (Å²) < 4.78 is 6.33. The summed E-state index contributed by atoms with van der Waals surface area (Å²) >= 11 is 0. The number of carbonyl (C=O) groups excluding carboxylic acids is 1. The molecule has 0 saturated heterocycles. The standard InChI is InChI=1S/C7H7N5O2/c1-5-8-7(14-10-5)3-12-2-6(4-13)9-11-12/h2,4H,3H2,1H3. The summed E-state index contributed by atoms with van der Waals surface area (Å²) in [6.45, 7) is 2.05. The summed E-state index contributed by atoms with van der Waals surface area (Å²) in [4.78, 5) is 14.3. The molecule has 0 aliphatic rings. The molecule has 0 atom stereocenters. The number of aryl methyl sites for hydroxylation is 1. The number of hydrogen-bond acceptors (Lipinski definition) is 6. The minimum Gasteiger partial charge on any atom is -0.337 e. The Morgan fingerprint density at radius 3 is 3.07 bits per heavy atom. The third-order valence-electron chi connectivity index (χ3n) is 1.54. The van der Waals surface area contributed by atoms with Crippen molar-refractivity contribution in [2.45, 2.75) is 13.5 Å². The lowest BCUT2D eigenvalue weighted by Gasteiger charge is -1.91. The molecule has 2 aromatic heterocycles. The van der Waals surface area contributed by atoms with E-state index in [0.29, 0.717) is 24.5 Å². The number of aldehydes is 1. The lowest BCUT2D eigenvalue weighted by atomic mass is 10.5. The number of aromatic nitrogens is 5. The van der Waals surface area contributed by atoms with Crippen LogP contribution in [0.3, 0.4) is 0 Å². The fourth-order valence-corrected chi connectivity index (χ4v) is 0.988. The first kappa shape index (κ1) is 8.54. The molecule has 0 amide bonds. The van der Waals surface area contributed by atoms with Crippen LogP contribution >= 0.6 is 0 Å². The predicted octanol–water partition coefficient (Wildman–Crippen LogP) is -0.170. The quantitative estimate of drug-likeness (QED) is 0.629. The molecular weight excluding hydrogens is 186 g/mol. The maximum atomic E-state index is 10.3. The predicted molar refractivity (Wildman–Crippen MR) is 43.5 cm³/mol. The van der Waals surface area contributed by atoms with Crippen LogP contribution in [0.25, 0.3) is 0 Å². The lowest BCUT2D eigenvalue weighted by molar-refractivity contribution is 0.111. The van der Waals surface area contributed by atoms with E-state index in [1.807, 2.05) is 0 Å². The number of rotatable bonds is 3. The van der Waals surface area contributed by atoms with Crippen molar-refractivity contribution in [3.8, 4) is 0 Å². The zero-order chi connectivity index (χ0) is 9.97. The van der Waals surface area contributed by atoms with Gasteiger partial charge in [-0.1, -0.05) is 10.4 Å². The second kappa shape index (κ2) is 3.36. The topological polar surface area (TPSA) is 86.7 Å². The Kier molecular flexibility index (Phi) is 2.05. The van der Waals surface area contributed by atoms with E-state index >= 15 is 0 Å². The molecule has 0 aromatic carbocycles. The van der Waals surface area contributed by atoms with Crippen molar-refractivity contribution >= 4 is 6.29 Å². The van der Waals surface area contributed by atoms with Gasteiger partial charge in [0.05, 0.1) is 6.20 Å². The zero-order valence-corrected chi connectivity index (χ0v) is 7.41. The highest BCUT2D eigenvalue weighted by Gasteiger charge is 2.05. The van der Waals surface area contributed by atoms with Crippen LogP contribution in [0.15, 0.2) is 10.7 Å². The van der Waals surface area contributed by atoms with E-state index in [1.54, 1.807) is 6.92 Å². The molecule has 0 unspecified atom stereocenters. The van der Waals surface area contributed by atoms with E-state index in [9.17, 15) is 4.79 Å². The Bertz CT molecular complexity index is 446. The molecule has 2 heterocycles. The maximum absolute atomic E-state index is 10.3. The molecule has 0 radical (unpaired) electrons. The Morgan fingerprint density at radius 2 is 2.50 bits per heavy atom. The van der Waals surface area contributed by atoms with Crippen LogP contribution in [-0.4, -0.2) is 31.4 Å². The average Bonchev–Trinajstić information content (AvgIpc) is 2.76. The smallest absolute Gasteiger partial charge is 0.248 e. The molecular formula is C7H7N5O2. The second-order valence-corrected chi connectivity index (χ2v) is 2.69. The van der Waals surface area contributed by atoms with E-state index in [0.717, 1.165) is 0 Å². The van der Waals surface area contributed by atoms with Gasteiger partial charge in [-0.2, -0.15) is 4.98 Å². The molecule has 0 N–H and O–H groups in total. The normalized spacial score (nSPS) is 10.4. The van der Waals surface area contributed by atoms with Gasteiger partial charge in [0, 0.05) is 0 Å². The molecule has 0 fully saturated rings. The van der Waals surface area contributed by atoms with Crippen molar-refractivity contribution in [3.63, 3.8) is 0 Å². The van der Waals surface area contributed by atoms with Gasteiger partial charge in [0.25, 0.3) is 0 Å². The Hall–Kier alpha value is -2.05. The number of nitrogens with zero attached hydrogens (tertiary/aromatic N) is 5.